The molecule has 0 aliphatic carbocycles. The van der Waals surface area contributed by atoms with Gasteiger partial charge in [0.1, 0.15) is 11.8 Å². The van der Waals surface area contributed by atoms with E-state index >= 15 is 0 Å². The average molecular weight is 395 g/mol. The highest BCUT2D eigenvalue weighted by molar-refractivity contribution is 5.93. The number of Topliss-reactive ketones (excluding diaryl/α,β-unsaturated/α-hetero) is 1. The van der Waals surface area contributed by atoms with Gasteiger partial charge in [0.2, 0.25) is 0 Å². The minimum Gasteiger partial charge on any atom is -0.550 e. The van der Waals surface area contributed by atoms with Gasteiger partial charge in [-0.15, -0.1) is 0 Å². The van der Waals surface area contributed by atoms with Crippen molar-refractivity contribution in [2.45, 2.75) is 31.7 Å². The number of carbonyl (C=O) groups excluding carboxylic acids is 2. The molecule has 5 heteroatoms. The molecule has 0 amide bonds. The summed E-state index contributed by atoms with van der Waals surface area (Å²) >= 11 is 0. The van der Waals surface area contributed by atoms with Crippen molar-refractivity contribution >= 4 is 11.8 Å². The summed E-state index contributed by atoms with van der Waals surface area (Å²) in [5.41, 5.74) is 2.56. The Kier molecular flexibility index (Phi) is 7.55. The molecule has 1 aliphatic heterocycles. The second kappa shape index (κ2) is 10.3. The third-order valence-corrected chi connectivity index (χ3v) is 5.87. The molecule has 1 atom stereocenters. The maximum atomic E-state index is 11.9. The fourth-order valence-electron chi connectivity index (χ4n) is 4.60. The molecular formula is C24H30N2O3. The van der Waals surface area contributed by atoms with Gasteiger partial charge in [-0.1, -0.05) is 60.7 Å². The van der Waals surface area contributed by atoms with Crippen LogP contribution < -0.4 is 10.4 Å². The lowest BCUT2D eigenvalue weighted by molar-refractivity contribution is -0.949. The van der Waals surface area contributed by atoms with Crippen LogP contribution in [0.5, 0.6) is 0 Å². The molecule has 3 rings (SSSR count). The highest BCUT2D eigenvalue weighted by Crippen LogP contribution is 2.36. The zero-order chi connectivity index (χ0) is 20.5. The van der Waals surface area contributed by atoms with Crippen LogP contribution in [-0.4, -0.2) is 49.0 Å². The van der Waals surface area contributed by atoms with Crippen molar-refractivity contribution in [3.63, 3.8) is 0 Å². The number of ketones is 1. The van der Waals surface area contributed by atoms with Crippen molar-refractivity contribution in [1.29, 1.82) is 0 Å². The van der Waals surface area contributed by atoms with E-state index in [9.17, 15) is 14.7 Å². The molecule has 0 radical (unpaired) electrons. The summed E-state index contributed by atoms with van der Waals surface area (Å²) in [6.45, 7) is 4.78. The highest BCUT2D eigenvalue weighted by atomic mass is 16.4. The lowest BCUT2D eigenvalue weighted by atomic mass is 9.93. The number of rotatable bonds is 9. The molecule has 1 heterocycles. The molecule has 2 aromatic rings. The lowest BCUT2D eigenvalue weighted by Gasteiger charge is -2.45. The van der Waals surface area contributed by atoms with Crippen LogP contribution in [0.15, 0.2) is 60.7 Å². The summed E-state index contributed by atoms with van der Waals surface area (Å²) in [6.07, 6.45) is 1.56. The Morgan fingerprint density at radius 3 is 2.14 bits per heavy atom. The minimum absolute atomic E-state index is 0.188. The standard InChI is InChI=1S/C24H30N2O3/c27-22(19-23(28)29)13-7-16-26(17-8-14-25-15-18-26)24(20-9-3-1-4-10-20)21-11-5-2-6-12-21/h1-6,9-12,24-25H,7-8,13-19H2. The maximum absolute atomic E-state index is 11.9. The molecule has 1 saturated heterocycles. The third kappa shape index (κ3) is 5.75. The van der Waals surface area contributed by atoms with Crippen molar-refractivity contribution in [3.8, 4) is 0 Å². The Hall–Kier alpha value is -2.50. The van der Waals surface area contributed by atoms with Crippen molar-refractivity contribution in [2.24, 2.45) is 0 Å². The van der Waals surface area contributed by atoms with Crippen LogP contribution in [0.4, 0.5) is 0 Å². The predicted molar refractivity (Wildman–Crippen MR) is 111 cm³/mol. The van der Waals surface area contributed by atoms with Crippen molar-refractivity contribution in [1.82, 2.24) is 5.32 Å². The van der Waals surface area contributed by atoms with Crippen LogP contribution in [0.1, 0.15) is 42.9 Å². The molecule has 0 aromatic heterocycles. The highest BCUT2D eigenvalue weighted by Gasteiger charge is 2.39. The zero-order valence-electron chi connectivity index (χ0n) is 16.9. The van der Waals surface area contributed by atoms with Crippen LogP contribution in [0.3, 0.4) is 0 Å². The number of quaternary nitrogens is 1. The van der Waals surface area contributed by atoms with Crippen LogP contribution in [0, 0.1) is 0 Å². The summed E-state index contributed by atoms with van der Waals surface area (Å²) < 4.78 is 0.875. The van der Waals surface area contributed by atoms with Gasteiger partial charge in [-0.2, -0.15) is 0 Å². The fourth-order valence-corrected chi connectivity index (χ4v) is 4.60. The van der Waals surface area contributed by atoms with Gasteiger partial charge in [0.25, 0.3) is 0 Å². The zero-order valence-corrected chi connectivity index (χ0v) is 16.9. The van der Waals surface area contributed by atoms with Crippen molar-refractivity contribution in [3.05, 3.63) is 71.8 Å². The Balaban J connectivity index is 1.91. The largest absolute Gasteiger partial charge is 0.550 e. The number of aliphatic carboxylic acids is 1. The van der Waals surface area contributed by atoms with E-state index in [0.29, 0.717) is 6.42 Å². The summed E-state index contributed by atoms with van der Waals surface area (Å²) in [6, 6.07) is 21.4. The Labute approximate surface area is 172 Å². The monoisotopic (exact) mass is 394 g/mol. The average Bonchev–Trinajstić information content (AvgIpc) is 2.95. The number of hydrogen-bond donors (Lipinski definition) is 1. The molecule has 0 spiro atoms. The van der Waals surface area contributed by atoms with E-state index in [1.807, 2.05) is 12.1 Å². The van der Waals surface area contributed by atoms with E-state index in [-0.39, 0.29) is 18.2 Å². The van der Waals surface area contributed by atoms with E-state index in [1.165, 1.54) is 11.1 Å². The van der Waals surface area contributed by atoms with Gasteiger partial charge < -0.3 is 19.7 Å². The van der Waals surface area contributed by atoms with Gasteiger partial charge >= 0.3 is 0 Å². The lowest BCUT2D eigenvalue weighted by Crippen LogP contribution is -2.53. The van der Waals surface area contributed by atoms with E-state index in [4.69, 9.17) is 0 Å². The molecule has 0 saturated carbocycles. The van der Waals surface area contributed by atoms with Crippen molar-refractivity contribution < 1.29 is 19.2 Å². The first-order valence-corrected chi connectivity index (χ1v) is 10.5. The first kappa shape index (κ1) is 21.2. The second-order valence-electron chi connectivity index (χ2n) is 7.91. The molecule has 1 aliphatic rings. The summed E-state index contributed by atoms with van der Waals surface area (Å²) in [5, 5.41) is 14.2. The number of carbonyl (C=O) groups is 2. The summed E-state index contributed by atoms with van der Waals surface area (Å²) in [5.74, 6) is -1.53. The molecule has 29 heavy (non-hydrogen) atoms. The van der Waals surface area contributed by atoms with Crippen LogP contribution >= 0.6 is 0 Å². The van der Waals surface area contributed by atoms with Gasteiger partial charge in [0.05, 0.1) is 19.6 Å². The minimum atomic E-state index is -1.29. The molecule has 1 N–H and O–H groups in total. The first-order valence-electron chi connectivity index (χ1n) is 10.5. The number of nitrogens with one attached hydrogen (secondary N) is 1. The van der Waals surface area contributed by atoms with E-state index in [2.05, 4.69) is 53.8 Å². The topological polar surface area (TPSA) is 69.2 Å². The molecule has 2 aromatic carbocycles. The quantitative estimate of drug-likeness (QED) is 0.522. The molecular weight excluding hydrogens is 364 g/mol. The van der Waals surface area contributed by atoms with Gasteiger partial charge in [-0.25, -0.2) is 0 Å². The SMILES string of the molecule is O=C([O-])CC(=O)CCC[N+]1(C(c2ccccc2)c2ccccc2)CCCNCC1. The van der Waals surface area contributed by atoms with Crippen LogP contribution in [0.2, 0.25) is 0 Å². The number of benzene rings is 2. The fraction of sp³-hybridized carbons (Fsp3) is 0.417. The summed E-state index contributed by atoms with van der Waals surface area (Å²) in [7, 11) is 0. The predicted octanol–water partition coefficient (Wildman–Crippen LogP) is 2.08. The number of hydrogen-bond acceptors (Lipinski definition) is 4. The molecule has 0 bridgehead atoms. The maximum Gasteiger partial charge on any atom is 0.140 e. The first-order chi connectivity index (χ1) is 14.1. The van der Waals surface area contributed by atoms with Crippen LogP contribution in [0.25, 0.3) is 0 Å². The van der Waals surface area contributed by atoms with E-state index < -0.39 is 12.4 Å². The van der Waals surface area contributed by atoms with Crippen molar-refractivity contribution in [2.75, 3.05) is 32.7 Å². The van der Waals surface area contributed by atoms with E-state index in [1.54, 1.807) is 0 Å². The Bertz CT molecular complexity index is 745. The van der Waals surface area contributed by atoms with Gasteiger partial charge in [-0.05, 0) is 0 Å². The third-order valence-electron chi connectivity index (χ3n) is 5.87. The smallest absolute Gasteiger partial charge is 0.140 e. The second-order valence-corrected chi connectivity index (χ2v) is 7.91. The Morgan fingerprint density at radius 2 is 1.55 bits per heavy atom. The summed E-state index contributed by atoms with van der Waals surface area (Å²) in [4.78, 5) is 22.7. The normalized spacial score (nSPS) is 19.6. The number of carboxylic acid groups (broad SMARTS) is 1. The van der Waals surface area contributed by atoms with Gasteiger partial charge in [-0.3, -0.25) is 4.79 Å². The van der Waals surface area contributed by atoms with Crippen LogP contribution in [-0.2, 0) is 9.59 Å². The van der Waals surface area contributed by atoms with E-state index in [0.717, 1.165) is 43.6 Å². The Morgan fingerprint density at radius 1 is 0.931 bits per heavy atom. The number of nitrogens with zero attached hydrogens (tertiary/aromatic N) is 1. The molecule has 1 fully saturated rings. The molecule has 154 valence electrons. The van der Waals surface area contributed by atoms with Gasteiger partial charge in [0, 0.05) is 55.9 Å². The molecule has 1 unspecified atom stereocenters. The molecule has 5 nitrogen and oxygen atoms in total. The van der Waals surface area contributed by atoms with Gasteiger partial charge in [0.15, 0.2) is 0 Å². The number of carboxylic acids is 1.